The van der Waals surface area contributed by atoms with Crippen molar-refractivity contribution in [1.82, 2.24) is 9.62 Å². The zero-order valence-corrected chi connectivity index (χ0v) is 17.4. The van der Waals surface area contributed by atoms with Gasteiger partial charge < -0.3 is 5.32 Å². The molecule has 5 nitrogen and oxygen atoms in total. The maximum absolute atomic E-state index is 13.0. The normalized spacial score (nSPS) is 15.6. The van der Waals surface area contributed by atoms with Gasteiger partial charge >= 0.3 is 0 Å². The van der Waals surface area contributed by atoms with E-state index in [1.807, 2.05) is 60.7 Å². The highest BCUT2D eigenvalue weighted by molar-refractivity contribution is 7.92. The second-order valence-electron chi connectivity index (χ2n) is 7.41. The molecule has 0 aromatic heterocycles. The molecule has 1 saturated carbocycles. The van der Waals surface area contributed by atoms with E-state index in [0.29, 0.717) is 0 Å². The van der Waals surface area contributed by atoms with Gasteiger partial charge in [-0.3, -0.25) is 4.79 Å². The van der Waals surface area contributed by atoms with Gasteiger partial charge in [0.05, 0.1) is 6.54 Å². The van der Waals surface area contributed by atoms with E-state index in [1.54, 1.807) is 6.08 Å². The number of carbonyl (C=O) groups is 1. The van der Waals surface area contributed by atoms with Gasteiger partial charge in [0.25, 0.3) is 0 Å². The van der Waals surface area contributed by atoms with E-state index < -0.39 is 10.0 Å². The molecule has 1 aliphatic carbocycles. The monoisotopic (exact) mass is 412 g/mol. The first-order valence-electron chi connectivity index (χ1n) is 10.1. The van der Waals surface area contributed by atoms with E-state index in [0.717, 1.165) is 36.8 Å². The predicted octanol–water partition coefficient (Wildman–Crippen LogP) is 3.94. The summed E-state index contributed by atoms with van der Waals surface area (Å²) in [6.45, 7) is -0.0345. The van der Waals surface area contributed by atoms with Crippen LogP contribution in [-0.4, -0.2) is 31.2 Å². The van der Waals surface area contributed by atoms with Crippen LogP contribution in [0.3, 0.4) is 0 Å². The Hall–Kier alpha value is -2.44. The molecule has 0 bridgehead atoms. The van der Waals surface area contributed by atoms with Crippen molar-refractivity contribution in [2.45, 2.75) is 44.7 Å². The van der Waals surface area contributed by atoms with E-state index in [1.165, 1.54) is 16.1 Å². The van der Waals surface area contributed by atoms with Gasteiger partial charge in [0.15, 0.2) is 0 Å². The first kappa shape index (κ1) is 21.3. The van der Waals surface area contributed by atoms with Crippen LogP contribution in [0.2, 0.25) is 0 Å². The molecule has 1 amide bonds. The third kappa shape index (κ3) is 6.84. The lowest BCUT2D eigenvalue weighted by molar-refractivity contribution is -0.122. The van der Waals surface area contributed by atoms with Gasteiger partial charge in [-0.25, -0.2) is 8.42 Å². The van der Waals surface area contributed by atoms with Crippen LogP contribution in [0.25, 0.3) is 6.08 Å². The van der Waals surface area contributed by atoms with Crippen LogP contribution in [0.4, 0.5) is 0 Å². The minimum absolute atomic E-state index is 0.150. The summed E-state index contributed by atoms with van der Waals surface area (Å²) in [5.41, 5.74) is 1.64. The minimum atomic E-state index is -3.76. The van der Waals surface area contributed by atoms with Crippen LogP contribution in [0.15, 0.2) is 66.1 Å². The van der Waals surface area contributed by atoms with Gasteiger partial charge in [0.1, 0.15) is 0 Å². The summed E-state index contributed by atoms with van der Waals surface area (Å²) in [6, 6.07) is 18.7. The number of nitrogens with zero attached hydrogens (tertiary/aromatic N) is 1. The fourth-order valence-corrected chi connectivity index (χ4v) is 4.65. The number of amides is 1. The van der Waals surface area contributed by atoms with Crippen molar-refractivity contribution in [3.05, 3.63) is 77.2 Å². The van der Waals surface area contributed by atoms with E-state index in [4.69, 9.17) is 0 Å². The Morgan fingerprint density at radius 1 is 0.966 bits per heavy atom. The topological polar surface area (TPSA) is 66.5 Å². The summed E-state index contributed by atoms with van der Waals surface area (Å²) in [5.74, 6) is -0.246. The molecule has 1 N–H and O–H groups in total. The SMILES string of the molecule is O=C(CN(Cc1ccccc1)S(=O)(=O)C=Cc1ccccc1)NC1CCCCC1. The minimum Gasteiger partial charge on any atom is -0.352 e. The molecule has 1 fully saturated rings. The predicted molar refractivity (Wildman–Crippen MR) is 116 cm³/mol. The standard InChI is InChI=1S/C23H28N2O3S/c26-23(24-22-14-8-3-9-15-22)19-25(18-21-12-6-2-7-13-21)29(27,28)17-16-20-10-4-1-5-11-20/h1-2,4-7,10-13,16-17,22H,3,8-9,14-15,18-19H2,(H,24,26). The van der Waals surface area contributed by atoms with E-state index >= 15 is 0 Å². The van der Waals surface area contributed by atoms with Gasteiger partial charge in [-0.1, -0.05) is 79.9 Å². The summed E-state index contributed by atoms with van der Waals surface area (Å²) in [4.78, 5) is 12.6. The number of hydrogen-bond donors (Lipinski definition) is 1. The van der Waals surface area contributed by atoms with Crippen molar-refractivity contribution in [3.8, 4) is 0 Å². The first-order valence-corrected chi connectivity index (χ1v) is 11.6. The number of sulfonamides is 1. The van der Waals surface area contributed by atoms with Crippen molar-refractivity contribution in [2.75, 3.05) is 6.54 Å². The van der Waals surface area contributed by atoms with Gasteiger partial charge in [-0.2, -0.15) is 4.31 Å². The molecule has 2 aromatic rings. The smallest absolute Gasteiger partial charge is 0.237 e. The Morgan fingerprint density at radius 3 is 2.24 bits per heavy atom. The Bertz CT molecular complexity index is 906. The van der Waals surface area contributed by atoms with Crippen LogP contribution in [0.5, 0.6) is 0 Å². The zero-order valence-electron chi connectivity index (χ0n) is 16.5. The second kappa shape index (κ2) is 10.4. The molecule has 1 aliphatic rings. The molecule has 6 heteroatoms. The highest BCUT2D eigenvalue weighted by Crippen LogP contribution is 2.18. The van der Waals surface area contributed by atoms with E-state index in [2.05, 4.69) is 5.32 Å². The molecular formula is C23H28N2O3S. The first-order chi connectivity index (χ1) is 14.0. The largest absolute Gasteiger partial charge is 0.352 e. The third-order valence-corrected chi connectivity index (χ3v) is 6.54. The van der Waals surface area contributed by atoms with Crippen molar-refractivity contribution in [2.24, 2.45) is 0 Å². The van der Waals surface area contributed by atoms with E-state index in [-0.39, 0.29) is 25.0 Å². The molecule has 2 aromatic carbocycles. The summed E-state index contributed by atoms with van der Waals surface area (Å²) in [5, 5.41) is 4.19. The Kier molecular flexibility index (Phi) is 7.61. The Balaban J connectivity index is 1.74. The molecule has 154 valence electrons. The van der Waals surface area contributed by atoms with Crippen LogP contribution < -0.4 is 5.32 Å². The third-order valence-electron chi connectivity index (χ3n) is 5.08. The molecule has 0 atom stereocenters. The summed E-state index contributed by atoms with van der Waals surface area (Å²) in [7, 11) is -3.76. The van der Waals surface area contributed by atoms with Crippen molar-refractivity contribution in [3.63, 3.8) is 0 Å². The molecule has 29 heavy (non-hydrogen) atoms. The quantitative estimate of drug-likeness (QED) is 0.714. The lowest BCUT2D eigenvalue weighted by atomic mass is 9.95. The van der Waals surface area contributed by atoms with Crippen LogP contribution >= 0.6 is 0 Å². The summed E-state index contributed by atoms with van der Waals surface area (Å²) in [6.07, 6.45) is 6.90. The zero-order chi connectivity index (χ0) is 20.5. The molecular weight excluding hydrogens is 384 g/mol. The van der Waals surface area contributed by atoms with E-state index in [9.17, 15) is 13.2 Å². The second-order valence-corrected chi connectivity index (χ2v) is 9.23. The lowest BCUT2D eigenvalue weighted by Crippen LogP contribution is -2.44. The molecule has 0 unspecified atom stereocenters. The van der Waals surface area contributed by atoms with Crippen LogP contribution in [0, 0.1) is 0 Å². The van der Waals surface area contributed by atoms with Gasteiger partial charge in [0, 0.05) is 18.0 Å². The molecule has 0 aliphatic heterocycles. The number of rotatable bonds is 8. The average molecular weight is 413 g/mol. The van der Waals surface area contributed by atoms with Gasteiger partial charge in [0.2, 0.25) is 15.9 Å². The molecule has 3 rings (SSSR count). The summed E-state index contributed by atoms with van der Waals surface area (Å²) < 4.78 is 27.2. The Labute approximate surface area is 173 Å². The number of hydrogen-bond acceptors (Lipinski definition) is 3. The van der Waals surface area contributed by atoms with Crippen molar-refractivity contribution >= 4 is 22.0 Å². The van der Waals surface area contributed by atoms with Crippen LogP contribution in [0.1, 0.15) is 43.2 Å². The fraction of sp³-hybridized carbons (Fsp3) is 0.348. The molecule has 0 saturated heterocycles. The van der Waals surface area contributed by atoms with Gasteiger partial charge in [-0.15, -0.1) is 0 Å². The number of carbonyl (C=O) groups excluding carboxylic acids is 1. The molecule has 0 radical (unpaired) electrons. The van der Waals surface area contributed by atoms with Gasteiger partial charge in [-0.05, 0) is 30.0 Å². The highest BCUT2D eigenvalue weighted by atomic mass is 32.2. The summed E-state index contributed by atoms with van der Waals surface area (Å²) >= 11 is 0. The lowest BCUT2D eigenvalue weighted by Gasteiger charge is -2.25. The van der Waals surface area contributed by atoms with Crippen molar-refractivity contribution < 1.29 is 13.2 Å². The highest BCUT2D eigenvalue weighted by Gasteiger charge is 2.24. The maximum Gasteiger partial charge on any atom is 0.237 e. The Morgan fingerprint density at radius 2 is 1.59 bits per heavy atom. The average Bonchev–Trinajstić information content (AvgIpc) is 2.74. The number of benzene rings is 2. The fourth-order valence-electron chi connectivity index (χ4n) is 3.52. The maximum atomic E-state index is 13.0. The van der Waals surface area contributed by atoms with Crippen LogP contribution in [-0.2, 0) is 21.4 Å². The number of nitrogens with one attached hydrogen (secondary N) is 1. The molecule has 0 spiro atoms. The molecule has 0 heterocycles. The van der Waals surface area contributed by atoms with Crippen molar-refractivity contribution in [1.29, 1.82) is 0 Å².